The van der Waals surface area contributed by atoms with Crippen LogP contribution in [0.5, 0.6) is 5.75 Å². The number of methoxy groups -OCH3 is 1. The fourth-order valence-corrected chi connectivity index (χ4v) is 3.17. The van der Waals surface area contributed by atoms with Crippen molar-refractivity contribution in [2.75, 3.05) is 13.7 Å². The number of aryl methyl sites for hydroxylation is 1. The Labute approximate surface area is 179 Å². The Morgan fingerprint density at radius 1 is 1.17 bits per heavy atom. The van der Waals surface area contributed by atoms with Crippen LogP contribution >= 0.6 is 11.6 Å². The van der Waals surface area contributed by atoms with Gasteiger partial charge >= 0.3 is 0 Å². The fraction of sp³-hybridized carbons (Fsp3) is 0.318. The van der Waals surface area contributed by atoms with E-state index in [1.165, 1.54) is 12.1 Å². The quantitative estimate of drug-likeness (QED) is 0.474. The average Bonchev–Trinajstić information content (AvgIpc) is 3.22. The van der Waals surface area contributed by atoms with Gasteiger partial charge in [0.25, 0.3) is 0 Å². The van der Waals surface area contributed by atoms with E-state index in [2.05, 4.69) is 15.5 Å². The van der Waals surface area contributed by atoms with Gasteiger partial charge < -0.3 is 14.6 Å². The minimum absolute atomic E-state index is 0.0678. The summed E-state index contributed by atoms with van der Waals surface area (Å²) in [6.45, 7) is 0.520. The maximum absolute atomic E-state index is 13.7. The molecular formula is C22H23ClFN3O3. The van der Waals surface area contributed by atoms with Gasteiger partial charge in [0.1, 0.15) is 11.6 Å². The molecule has 0 radical (unpaired) electrons. The predicted octanol–water partition coefficient (Wildman–Crippen LogP) is 4.61. The molecular weight excluding hydrogens is 409 g/mol. The first-order valence-corrected chi connectivity index (χ1v) is 10.1. The Morgan fingerprint density at radius 2 is 1.97 bits per heavy atom. The predicted molar refractivity (Wildman–Crippen MR) is 112 cm³/mol. The lowest BCUT2D eigenvalue weighted by Gasteiger charge is -2.07. The second kappa shape index (κ2) is 10.7. The van der Waals surface area contributed by atoms with E-state index in [1.807, 2.05) is 24.3 Å². The summed E-state index contributed by atoms with van der Waals surface area (Å²) in [6, 6.07) is 11.8. The maximum atomic E-state index is 13.7. The number of benzene rings is 2. The van der Waals surface area contributed by atoms with Gasteiger partial charge in [0.05, 0.1) is 13.5 Å². The zero-order valence-corrected chi connectivity index (χ0v) is 17.4. The molecule has 0 saturated heterocycles. The highest BCUT2D eigenvalue weighted by Crippen LogP contribution is 2.21. The molecule has 158 valence electrons. The van der Waals surface area contributed by atoms with Gasteiger partial charge in [-0.15, -0.1) is 0 Å². The molecule has 1 aromatic heterocycles. The largest absolute Gasteiger partial charge is 0.497 e. The Bertz CT molecular complexity index is 956. The third-order valence-corrected chi connectivity index (χ3v) is 4.96. The first-order valence-electron chi connectivity index (χ1n) is 9.73. The van der Waals surface area contributed by atoms with E-state index in [0.717, 1.165) is 30.6 Å². The summed E-state index contributed by atoms with van der Waals surface area (Å²) < 4.78 is 24.2. The molecule has 1 heterocycles. The lowest BCUT2D eigenvalue weighted by Crippen LogP contribution is -2.26. The van der Waals surface area contributed by atoms with E-state index in [1.54, 1.807) is 13.2 Å². The fourth-order valence-electron chi connectivity index (χ4n) is 2.94. The van der Waals surface area contributed by atoms with Crippen LogP contribution in [0.4, 0.5) is 4.39 Å². The molecule has 0 fully saturated rings. The summed E-state index contributed by atoms with van der Waals surface area (Å²) in [7, 11) is 1.62. The molecule has 0 bridgehead atoms. The second-order valence-electron chi connectivity index (χ2n) is 6.78. The Morgan fingerprint density at radius 3 is 2.70 bits per heavy atom. The van der Waals surface area contributed by atoms with Gasteiger partial charge in [-0.1, -0.05) is 29.2 Å². The van der Waals surface area contributed by atoms with Crippen molar-refractivity contribution in [1.82, 2.24) is 15.5 Å². The monoisotopic (exact) mass is 431 g/mol. The standard InChI is InChI=1S/C22H23ClFN3O3/c1-29-16-11-9-15(10-12-16)22-26-21(30-27-22)8-3-2-4-13-25-20(28)14-17-18(23)6-5-7-19(17)24/h5-7,9-12H,2-4,8,13-14H2,1H3,(H,25,28). The van der Waals surface area contributed by atoms with Crippen molar-refractivity contribution in [3.63, 3.8) is 0 Å². The molecule has 0 spiro atoms. The maximum Gasteiger partial charge on any atom is 0.226 e. The molecule has 0 aliphatic carbocycles. The van der Waals surface area contributed by atoms with Gasteiger partial charge in [0.15, 0.2) is 0 Å². The minimum atomic E-state index is -0.466. The summed E-state index contributed by atoms with van der Waals surface area (Å²) in [6.07, 6.45) is 3.15. The van der Waals surface area contributed by atoms with Crippen molar-refractivity contribution >= 4 is 17.5 Å². The SMILES string of the molecule is COc1ccc(-c2noc(CCCCCNC(=O)Cc3c(F)cccc3Cl)n2)cc1. The number of hydrogen-bond acceptors (Lipinski definition) is 5. The third kappa shape index (κ3) is 6.03. The van der Waals surface area contributed by atoms with Gasteiger partial charge in [-0.25, -0.2) is 4.39 Å². The van der Waals surface area contributed by atoms with Crippen molar-refractivity contribution in [3.05, 3.63) is 64.8 Å². The molecule has 0 saturated carbocycles. The van der Waals surface area contributed by atoms with Crippen LogP contribution in [-0.2, 0) is 17.6 Å². The number of hydrogen-bond donors (Lipinski definition) is 1. The molecule has 1 amide bonds. The number of carbonyl (C=O) groups excluding carboxylic acids is 1. The number of ether oxygens (including phenoxy) is 1. The number of amides is 1. The van der Waals surface area contributed by atoms with Crippen LogP contribution in [0.15, 0.2) is 47.0 Å². The lowest BCUT2D eigenvalue weighted by molar-refractivity contribution is -0.120. The smallest absolute Gasteiger partial charge is 0.226 e. The molecule has 3 rings (SSSR count). The number of nitrogens with one attached hydrogen (secondary N) is 1. The van der Waals surface area contributed by atoms with Crippen molar-refractivity contribution in [1.29, 1.82) is 0 Å². The van der Waals surface area contributed by atoms with Crippen molar-refractivity contribution in [2.45, 2.75) is 32.1 Å². The lowest BCUT2D eigenvalue weighted by atomic mass is 10.1. The first-order chi connectivity index (χ1) is 14.6. The van der Waals surface area contributed by atoms with Crippen molar-refractivity contribution in [2.24, 2.45) is 0 Å². The zero-order valence-electron chi connectivity index (χ0n) is 16.7. The summed E-state index contributed by atoms with van der Waals surface area (Å²) in [5.41, 5.74) is 1.09. The number of nitrogens with zero attached hydrogens (tertiary/aromatic N) is 2. The number of aromatic nitrogens is 2. The molecule has 0 aliphatic heterocycles. The summed E-state index contributed by atoms with van der Waals surface area (Å²) in [5, 5.41) is 7.06. The van der Waals surface area contributed by atoms with E-state index in [4.69, 9.17) is 20.9 Å². The molecule has 6 nitrogen and oxygen atoms in total. The zero-order chi connectivity index (χ0) is 21.3. The number of unbranched alkanes of at least 4 members (excludes halogenated alkanes) is 2. The molecule has 1 N–H and O–H groups in total. The van der Waals surface area contributed by atoms with Crippen LogP contribution in [0.3, 0.4) is 0 Å². The van der Waals surface area contributed by atoms with Gasteiger partial charge in [-0.2, -0.15) is 4.98 Å². The van der Waals surface area contributed by atoms with Crippen molar-refractivity contribution in [3.8, 4) is 17.1 Å². The van der Waals surface area contributed by atoms with Crippen LogP contribution < -0.4 is 10.1 Å². The highest BCUT2D eigenvalue weighted by atomic mass is 35.5. The third-order valence-electron chi connectivity index (χ3n) is 4.60. The number of rotatable bonds is 10. The number of carbonyl (C=O) groups is 1. The normalized spacial score (nSPS) is 10.8. The summed E-state index contributed by atoms with van der Waals surface area (Å²) in [5.74, 6) is 1.19. The van der Waals surface area contributed by atoms with Gasteiger partial charge in [-0.05, 0) is 49.2 Å². The van der Waals surface area contributed by atoms with E-state index in [0.29, 0.717) is 24.7 Å². The van der Waals surface area contributed by atoms with E-state index >= 15 is 0 Å². The van der Waals surface area contributed by atoms with E-state index in [-0.39, 0.29) is 22.9 Å². The minimum Gasteiger partial charge on any atom is -0.497 e. The van der Waals surface area contributed by atoms with Crippen LogP contribution in [0.1, 0.15) is 30.7 Å². The van der Waals surface area contributed by atoms with Crippen LogP contribution in [0, 0.1) is 5.82 Å². The van der Waals surface area contributed by atoms with Crippen LogP contribution in [-0.4, -0.2) is 29.7 Å². The number of halogens is 2. The van der Waals surface area contributed by atoms with Crippen molar-refractivity contribution < 1.29 is 18.4 Å². The van der Waals surface area contributed by atoms with Crippen LogP contribution in [0.25, 0.3) is 11.4 Å². The highest BCUT2D eigenvalue weighted by molar-refractivity contribution is 6.31. The van der Waals surface area contributed by atoms with E-state index in [9.17, 15) is 9.18 Å². The molecule has 0 atom stereocenters. The summed E-state index contributed by atoms with van der Waals surface area (Å²) >= 11 is 5.94. The Kier molecular flexibility index (Phi) is 7.79. The molecule has 30 heavy (non-hydrogen) atoms. The second-order valence-corrected chi connectivity index (χ2v) is 7.19. The summed E-state index contributed by atoms with van der Waals surface area (Å²) in [4.78, 5) is 16.4. The molecule has 0 aliphatic rings. The van der Waals surface area contributed by atoms with Gasteiger partial charge in [-0.3, -0.25) is 4.79 Å². The Hall–Kier alpha value is -2.93. The van der Waals surface area contributed by atoms with Gasteiger partial charge in [0.2, 0.25) is 17.6 Å². The Balaban J connectivity index is 1.34. The van der Waals surface area contributed by atoms with Crippen LogP contribution in [0.2, 0.25) is 5.02 Å². The van der Waals surface area contributed by atoms with E-state index < -0.39 is 5.82 Å². The topological polar surface area (TPSA) is 77.3 Å². The highest BCUT2D eigenvalue weighted by Gasteiger charge is 2.12. The molecule has 3 aromatic rings. The van der Waals surface area contributed by atoms with Gasteiger partial charge in [0, 0.05) is 29.1 Å². The molecule has 0 unspecified atom stereocenters. The average molecular weight is 432 g/mol. The molecule has 8 heteroatoms. The first kappa shape index (κ1) is 21.8. The molecule has 2 aromatic carbocycles.